The number of piperidine rings is 1. The number of terminal acetylenes is 1. The summed E-state index contributed by atoms with van der Waals surface area (Å²) in [5, 5.41) is 6.08. The van der Waals surface area contributed by atoms with Crippen molar-refractivity contribution in [3.8, 4) is 12.3 Å². The van der Waals surface area contributed by atoms with Gasteiger partial charge in [-0.1, -0.05) is 5.92 Å². The average molecular weight is 364 g/mol. The summed E-state index contributed by atoms with van der Waals surface area (Å²) in [6.45, 7) is 5.99. The van der Waals surface area contributed by atoms with Crippen molar-refractivity contribution in [3.63, 3.8) is 0 Å². The van der Waals surface area contributed by atoms with Crippen molar-refractivity contribution in [1.82, 2.24) is 20.3 Å². The first-order chi connectivity index (χ1) is 13.0. The van der Waals surface area contributed by atoms with Gasteiger partial charge >= 0.3 is 0 Å². The molecule has 0 radical (unpaired) electrons. The molecule has 0 aliphatic carbocycles. The first-order valence-electron chi connectivity index (χ1n) is 9.06. The number of aryl methyl sites for hydroxylation is 2. The standard InChI is InChI=1S/C20H24N6O/c1-4-9-21-20(27)16-5-6-18(22-13-16)25-17-7-10-26(11-8-17)19-12-14(2)23-15(3)24-19/h1,5-6,12-13,17H,7-11H2,2-3H3,(H,21,27)(H,22,25). The zero-order valence-corrected chi connectivity index (χ0v) is 15.7. The Labute approximate surface area is 159 Å². The van der Waals surface area contributed by atoms with Gasteiger partial charge in [-0.05, 0) is 38.8 Å². The van der Waals surface area contributed by atoms with Crippen molar-refractivity contribution >= 4 is 17.5 Å². The second-order valence-electron chi connectivity index (χ2n) is 6.64. The quantitative estimate of drug-likeness (QED) is 0.789. The van der Waals surface area contributed by atoms with Crippen LogP contribution in [0.3, 0.4) is 0 Å². The number of nitrogens with one attached hydrogen (secondary N) is 2. The van der Waals surface area contributed by atoms with E-state index in [0.29, 0.717) is 11.6 Å². The number of carbonyl (C=O) groups is 1. The smallest absolute Gasteiger partial charge is 0.253 e. The van der Waals surface area contributed by atoms with Gasteiger partial charge in [0.1, 0.15) is 17.5 Å². The average Bonchev–Trinajstić information content (AvgIpc) is 2.66. The normalized spacial score (nSPS) is 14.5. The lowest BCUT2D eigenvalue weighted by Gasteiger charge is -2.33. The topological polar surface area (TPSA) is 83.0 Å². The Balaban J connectivity index is 1.53. The zero-order chi connectivity index (χ0) is 19.2. The molecule has 3 heterocycles. The van der Waals surface area contributed by atoms with E-state index < -0.39 is 0 Å². The van der Waals surface area contributed by atoms with Gasteiger partial charge in [0.25, 0.3) is 5.91 Å². The largest absolute Gasteiger partial charge is 0.367 e. The van der Waals surface area contributed by atoms with Gasteiger partial charge in [0.05, 0.1) is 12.1 Å². The van der Waals surface area contributed by atoms with Crippen LogP contribution in [0.2, 0.25) is 0 Å². The van der Waals surface area contributed by atoms with Gasteiger partial charge in [-0.3, -0.25) is 4.79 Å². The molecular formula is C20H24N6O. The molecule has 1 amide bonds. The van der Waals surface area contributed by atoms with Crippen LogP contribution in [0.4, 0.5) is 11.6 Å². The molecular weight excluding hydrogens is 340 g/mol. The third-order valence-corrected chi connectivity index (χ3v) is 4.50. The molecule has 0 aromatic carbocycles. The molecule has 1 fully saturated rings. The maximum absolute atomic E-state index is 11.8. The molecule has 0 bridgehead atoms. The molecule has 2 aromatic rings. The minimum absolute atomic E-state index is 0.211. The Kier molecular flexibility index (Phi) is 5.87. The number of aromatic nitrogens is 3. The fourth-order valence-corrected chi connectivity index (χ4v) is 3.17. The van der Waals surface area contributed by atoms with E-state index in [1.807, 2.05) is 26.0 Å². The van der Waals surface area contributed by atoms with Crippen molar-refractivity contribution in [2.24, 2.45) is 0 Å². The lowest BCUT2D eigenvalue weighted by Crippen LogP contribution is -2.39. The first kappa shape index (κ1) is 18.6. The molecule has 1 saturated heterocycles. The summed E-state index contributed by atoms with van der Waals surface area (Å²) in [5.74, 6) is 4.75. The van der Waals surface area contributed by atoms with Crippen LogP contribution < -0.4 is 15.5 Å². The van der Waals surface area contributed by atoms with Gasteiger partial charge in [0.15, 0.2) is 0 Å². The highest BCUT2D eigenvalue weighted by atomic mass is 16.1. The summed E-state index contributed by atoms with van der Waals surface area (Å²) >= 11 is 0. The molecule has 1 aliphatic heterocycles. The zero-order valence-electron chi connectivity index (χ0n) is 15.7. The predicted molar refractivity (Wildman–Crippen MR) is 106 cm³/mol. The fraction of sp³-hybridized carbons (Fsp3) is 0.400. The molecule has 7 nitrogen and oxygen atoms in total. The SMILES string of the molecule is C#CCNC(=O)c1ccc(NC2CCN(c3cc(C)nc(C)n3)CC2)nc1. The van der Waals surface area contributed by atoms with Crippen molar-refractivity contribution in [2.45, 2.75) is 32.7 Å². The number of pyridine rings is 1. The number of hydrogen-bond acceptors (Lipinski definition) is 6. The lowest BCUT2D eigenvalue weighted by atomic mass is 10.0. The summed E-state index contributed by atoms with van der Waals surface area (Å²) in [6, 6.07) is 5.96. The Morgan fingerprint density at radius 1 is 1.30 bits per heavy atom. The second-order valence-corrected chi connectivity index (χ2v) is 6.64. The van der Waals surface area contributed by atoms with E-state index in [1.54, 1.807) is 12.3 Å². The Bertz CT molecular complexity index is 814. The third kappa shape index (κ3) is 4.94. The molecule has 0 unspecified atom stereocenters. The molecule has 27 heavy (non-hydrogen) atoms. The fourth-order valence-electron chi connectivity index (χ4n) is 3.17. The number of amides is 1. The maximum atomic E-state index is 11.8. The van der Waals surface area contributed by atoms with Crippen molar-refractivity contribution < 1.29 is 4.79 Å². The minimum atomic E-state index is -0.212. The van der Waals surface area contributed by atoms with E-state index in [-0.39, 0.29) is 12.5 Å². The summed E-state index contributed by atoms with van der Waals surface area (Å²) < 4.78 is 0. The Morgan fingerprint density at radius 2 is 2.07 bits per heavy atom. The Morgan fingerprint density at radius 3 is 2.70 bits per heavy atom. The number of hydrogen-bond donors (Lipinski definition) is 2. The van der Waals surface area contributed by atoms with Gasteiger partial charge in [-0.25, -0.2) is 15.0 Å². The molecule has 0 saturated carbocycles. The van der Waals surface area contributed by atoms with Gasteiger partial charge in [-0.15, -0.1) is 6.42 Å². The third-order valence-electron chi connectivity index (χ3n) is 4.50. The number of anilines is 2. The first-order valence-corrected chi connectivity index (χ1v) is 9.06. The highest BCUT2D eigenvalue weighted by Gasteiger charge is 2.21. The van der Waals surface area contributed by atoms with Crippen LogP contribution in [-0.2, 0) is 0 Å². The number of nitrogens with zero attached hydrogens (tertiary/aromatic N) is 4. The van der Waals surface area contributed by atoms with E-state index in [2.05, 4.69) is 36.4 Å². The van der Waals surface area contributed by atoms with Crippen molar-refractivity contribution in [2.75, 3.05) is 29.9 Å². The van der Waals surface area contributed by atoms with Crippen LogP contribution in [0.5, 0.6) is 0 Å². The molecule has 2 aromatic heterocycles. The number of rotatable bonds is 5. The van der Waals surface area contributed by atoms with Gasteiger partial charge in [0.2, 0.25) is 0 Å². The summed E-state index contributed by atoms with van der Waals surface area (Å²) in [7, 11) is 0. The van der Waals surface area contributed by atoms with Gasteiger partial charge in [-0.2, -0.15) is 0 Å². The molecule has 7 heteroatoms. The summed E-state index contributed by atoms with van der Waals surface area (Å²) in [5.41, 5.74) is 1.49. The van der Waals surface area contributed by atoms with Crippen LogP contribution in [0, 0.1) is 26.2 Å². The van der Waals surface area contributed by atoms with E-state index in [9.17, 15) is 4.79 Å². The monoisotopic (exact) mass is 364 g/mol. The minimum Gasteiger partial charge on any atom is -0.367 e. The van der Waals surface area contributed by atoms with Crippen LogP contribution >= 0.6 is 0 Å². The van der Waals surface area contributed by atoms with E-state index >= 15 is 0 Å². The Hall–Kier alpha value is -3.14. The molecule has 3 rings (SSSR count). The molecule has 2 N–H and O–H groups in total. The molecule has 140 valence electrons. The van der Waals surface area contributed by atoms with Crippen LogP contribution in [0.25, 0.3) is 0 Å². The molecule has 0 atom stereocenters. The molecule has 1 aliphatic rings. The highest BCUT2D eigenvalue weighted by molar-refractivity contribution is 5.94. The van der Waals surface area contributed by atoms with Crippen LogP contribution in [0.15, 0.2) is 24.4 Å². The lowest BCUT2D eigenvalue weighted by molar-refractivity contribution is 0.0958. The van der Waals surface area contributed by atoms with Crippen molar-refractivity contribution in [1.29, 1.82) is 0 Å². The predicted octanol–water partition coefficient (Wildman–Crippen LogP) is 1.93. The van der Waals surface area contributed by atoms with E-state index in [0.717, 1.165) is 49.1 Å². The van der Waals surface area contributed by atoms with Crippen LogP contribution in [-0.4, -0.2) is 46.5 Å². The van der Waals surface area contributed by atoms with E-state index in [4.69, 9.17) is 6.42 Å². The van der Waals surface area contributed by atoms with Crippen molar-refractivity contribution in [3.05, 3.63) is 41.5 Å². The number of carbonyl (C=O) groups excluding carboxylic acids is 1. The maximum Gasteiger partial charge on any atom is 0.253 e. The summed E-state index contributed by atoms with van der Waals surface area (Å²) in [6.07, 6.45) is 8.70. The second kappa shape index (κ2) is 8.49. The van der Waals surface area contributed by atoms with E-state index in [1.165, 1.54) is 0 Å². The summed E-state index contributed by atoms with van der Waals surface area (Å²) in [4.78, 5) is 27.4. The highest BCUT2D eigenvalue weighted by Crippen LogP contribution is 2.20. The van der Waals surface area contributed by atoms with Crippen LogP contribution in [0.1, 0.15) is 34.7 Å². The molecule has 0 spiro atoms. The van der Waals surface area contributed by atoms with Gasteiger partial charge < -0.3 is 15.5 Å². The van der Waals surface area contributed by atoms with Gasteiger partial charge in [0, 0.05) is 37.1 Å².